The Morgan fingerprint density at radius 2 is 1.94 bits per heavy atom. The Hall–Kier alpha value is -4.67. The van der Waals surface area contributed by atoms with Gasteiger partial charge in [0.25, 0.3) is 11.8 Å². The minimum absolute atomic E-state index is 0.0697. The number of amides is 1. The Labute approximate surface area is 206 Å². The highest BCUT2D eigenvalue weighted by Gasteiger charge is 2.21. The van der Waals surface area contributed by atoms with Gasteiger partial charge in [-0.3, -0.25) is 19.7 Å². The molecule has 0 unspecified atom stereocenters. The average Bonchev–Trinajstić information content (AvgIpc) is 2.82. The summed E-state index contributed by atoms with van der Waals surface area (Å²) >= 11 is 0. The first kappa shape index (κ1) is 25.9. The van der Waals surface area contributed by atoms with E-state index in [4.69, 9.17) is 9.47 Å². The number of carbonyl (C=O) groups excluding carboxylic acids is 1. The summed E-state index contributed by atoms with van der Waals surface area (Å²) in [6.45, 7) is 6.02. The molecule has 0 fully saturated rings. The predicted octanol–water partition coefficient (Wildman–Crippen LogP) is 4.09. The van der Waals surface area contributed by atoms with Gasteiger partial charge in [0.1, 0.15) is 5.82 Å². The largest absolute Gasteiger partial charge is 0.490 e. The number of nitrogens with zero attached hydrogens (tertiary/aromatic N) is 2. The fourth-order valence-corrected chi connectivity index (χ4v) is 3.35. The molecule has 11 heteroatoms. The van der Waals surface area contributed by atoms with E-state index in [1.807, 2.05) is 38.1 Å². The van der Waals surface area contributed by atoms with Gasteiger partial charge in [-0.25, -0.2) is 0 Å². The molecule has 188 valence electrons. The normalized spacial score (nSPS) is 11.0. The molecule has 3 N–H and O–H groups in total. The lowest BCUT2D eigenvalue weighted by Crippen LogP contribution is -2.21. The standard InChI is InChI=1S/C25H26N4O7/c1-4-35-20-13-16(10-12-21-27-24(31)23(29(33)34)25(32)28-21)9-11-19(20)36-14-22(30)26-18-8-6-5-7-17(18)15(2)3/h5-13,15H,4,14H2,1-3H3,(H,26,30)(H2,27,28,31,32)/b12-10-. The van der Waals surface area contributed by atoms with Crippen LogP contribution in [-0.4, -0.2) is 39.1 Å². The zero-order valence-electron chi connectivity index (χ0n) is 20.0. The van der Waals surface area contributed by atoms with Crippen LogP contribution in [0.15, 0.2) is 47.3 Å². The number of H-pyrrole nitrogens is 1. The van der Waals surface area contributed by atoms with Crippen LogP contribution < -0.4 is 20.3 Å². The van der Waals surface area contributed by atoms with E-state index in [2.05, 4.69) is 15.3 Å². The van der Waals surface area contributed by atoms with Gasteiger partial charge in [-0.05, 0) is 48.2 Å². The molecule has 2 aromatic carbocycles. The molecule has 1 aromatic heterocycles. The molecular weight excluding hydrogens is 468 g/mol. The number of nitro groups is 1. The highest BCUT2D eigenvalue weighted by Crippen LogP contribution is 2.30. The SMILES string of the molecule is CCOc1cc(/C=C\c2nc(O)c([N+](=O)[O-])c(=O)[nH]2)ccc1OCC(=O)Nc1ccccc1C(C)C. The fourth-order valence-electron chi connectivity index (χ4n) is 3.35. The van der Waals surface area contributed by atoms with Crippen LogP contribution in [0.2, 0.25) is 0 Å². The van der Waals surface area contributed by atoms with Crippen LogP contribution in [0.1, 0.15) is 43.6 Å². The topological polar surface area (TPSA) is 157 Å². The number of hydrogen-bond donors (Lipinski definition) is 3. The number of nitrogens with one attached hydrogen (secondary N) is 2. The number of aromatic nitrogens is 2. The van der Waals surface area contributed by atoms with Crippen molar-refractivity contribution in [1.29, 1.82) is 0 Å². The molecule has 0 aliphatic rings. The maximum absolute atomic E-state index is 12.5. The fraction of sp³-hybridized carbons (Fsp3) is 0.240. The lowest BCUT2D eigenvalue weighted by Gasteiger charge is -2.15. The van der Waals surface area contributed by atoms with Crippen molar-refractivity contribution in [3.05, 3.63) is 79.9 Å². The molecule has 36 heavy (non-hydrogen) atoms. The van der Waals surface area contributed by atoms with Gasteiger partial charge >= 0.3 is 11.2 Å². The molecule has 3 aromatic rings. The van der Waals surface area contributed by atoms with Crippen molar-refractivity contribution in [3.63, 3.8) is 0 Å². The zero-order chi connectivity index (χ0) is 26.2. The predicted molar refractivity (Wildman–Crippen MR) is 134 cm³/mol. The van der Waals surface area contributed by atoms with E-state index in [0.29, 0.717) is 23.7 Å². The van der Waals surface area contributed by atoms with Crippen molar-refractivity contribution in [2.24, 2.45) is 0 Å². The molecule has 0 saturated carbocycles. The summed E-state index contributed by atoms with van der Waals surface area (Å²) in [6.07, 6.45) is 2.93. The second kappa shape index (κ2) is 11.6. The van der Waals surface area contributed by atoms with Crippen LogP contribution >= 0.6 is 0 Å². The molecule has 0 radical (unpaired) electrons. The maximum Gasteiger partial charge on any atom is 0.395 e. The Bertz CT molecular complexity index is 1350. The molecule has 0 aliphatic carbocycles. The van der Waals surface area contributed by atoms with Crippen molar-refractivity contribution in [3.8, 4) is 17.4 Å². The van der Waals surface area contributed by atoms with Gasteiger partial charge in [-0.15, -0.1) is 0 Å². The van der Waals surface area contributed by atoms with Crippen molar-refractivity contribution in [2.75, 3.05) is 18.5 Å². The number of aromatic hydroxyl groups is 1. The van der Waals surface area contributed by atoms with Gasteiger partial charge in [0.15, 0.2) is 18.1 Å². The van der Waals surface area contributed by atoms with E-state index in [9.17, 15) is 24.8 Å². The smallest absolute Gasteiger partial charge is 0.395 e. The van der Waals surface area contributed by atoms with Crippen molar-refractivity contribution in [2.45, 2.75) is 26.7 Å². The number of benzene rings is 2. The highest BCUT2D eigenvalue weighted by atomic mass is 16.6. The van der Waals surface area contributed by atoms with E-state index < -0.39 is 22.0 Å². The van der Waals surface area contributed by atoms with Crippen LogP contribution in [0.25, 0.3) is 12.2 Å². The van der Waals surface area contributed by atoms with Gasteiger partial charge in [0, 0.05) is 5.69 Å². The second-order valence-corrected chi connectivity index (χ2v) is 7.93. The number of ether oxygens (including phenoxy) is 2. The van der Waals surface area contributed by atoms with E-state index in [-0.39, 0.29) is 24.3 Å². The monoisotopic (exact) mass is 494 g/mol. The molecular formula is C25H26N4O7. The lowest BCUT2D eigenvalue weighted by molar-refractivity contribution is -0.387. The third-order valence-electron chi connectivity index (χ3n) is 4.99. The Balaban J connectivity index is 1.72. The molecule has 0 spiro atoms. The highest BCUT2D eigenvalue weighted by molar-refractivity contribution is 5.92. The summed E-state index contributed by atoms with van der Waals surface area (Å²) in [5.74, 6) is -0.363. The van der Waals surface area contributed by atoms with Gasteiger partial charge in [-0.1, -0.05) is 44.2 Å². The molecule has 0 saturated heterocycles. The summed E-state index contributed by atoms with van der Waals surface area (Å²) in [6, 6.07) is 12.5. The van der Waals surface area contributed by atoms with Crippen molar-refractivity contribution in [1.82, 2.24) is 9.97 Å². The molecule has 0 atom stereocenters. The van der Waals surface area contributed by atoms with Crippen LogP contribution in [0.4, 0.5) is 11.4 Å². The van der Waals surface area contributed by atoms with Crippen LogP contribution in [-0.2, 0) is 4.79 Å². The number of anilines is 1. The lowest BCUT2D eigenvalue weighted by atomic mass is 10.0. The quantitative estimate of drug-likeness (QED) is 0.281. The summed E-state index contributed by atoms with van der Waals surface area (Å²) in [5.41, 5.74) is 0.288. The van der Waals surface area contributed by atoms with Crippen LogP contribution in [0, 0.1) is 10.1 Å². The van der Waals surface area contributed by atoms with E-state index in [1.165, 1.54) is 6.08 Å². The van der Waals surface area contributed by atoms with Crippen LogP contribution in [0.5, 0.6) is 17.4 Å². The number of aromatic amines is 1. The Morgan fingerprint density at radius 1 is 1.19 bits per heavy atom. The minimum Gasteiger partial charge on any atom is -0.490 e. The molecule has 3 rings (SSSR count). The molecule has 0 aliphatic heterocycles. The Morgan fingerprint density at radius 3 is 2.61 bits per heavy atom. The van der Waals surface area contributed by atoms with Gasteiger partial charge in [0.05, 0.1) is 11.5 Å². The maximum atomic E-state index is 12.5. The average molecular weight is 495 g/mol. The van der Waals surface area contributed by atoms with E-state index in [1.54, 1.807) is 31.2 Å². The first-order chi connectivity index (χ1) is 17.2. The Kier molecular flexibility index (Phi) is 8.39. The number of para-hydroxylation sites is 1. The minimum atomic E-state index is -1.07. The first-order valence-corrected chi connectivity index (χ1v) is 11.1. The number of hydrogen-bond acceptors (Lipinski definition) is 8. The van der Waals surface area contributed by atoms with Crippen molar-refractivity contribution < 1.29 is 24.3 Å². The van der Waals surface area contributed by atoms with E-state index >= 15 is 0 Å². The first-order valence-electron chi connectivity index (χ1n) is 11.1. The summed E-state index contributed by atoms with van der Waals surface area (Å²) in [4.78, 5) is 39.9. The van der Waals surface area contributed by atoms with E-state index in [0.717, 1.165) is 11.3 Å². The molecule has 1 amide bonds. The van der Waals surface area contributed by atoms with Crippen molar-refractivity contribution >= 4 is 29.4 Å². The zero-order valence-corrected chi connectivity index (χ0v) is 20.0. The third-order valence-corrected chi connectivity index (χ3v) is 4.99. The third kappa shape index (κ3) is 6.47. The van der Waals surface area contributed by atoms with Gasteiger partial charge in [0.2, 0.25) is 0 Å². The van der Waals surface area contributed by atoms with Gasteiger partial charge < -0.3 is 24.9 Å². The second-order valence-electron chi connectivity index (χ2n) is 7.93. The number of carbonyl (C=O) groups is 1. The molecule has 1 heterocycles. The summed E-state index contributed by atoms with van der Waals surface area (Å²) in [7, 11) is 0. The van der Waals surface area contributed by atoms with Crippen LogP contribution in [0.3, 0.4) is 0 Å². The summed E-state index contributed by atoms with van der Waals surface area (Å²) < 4.78 is 11.3. The summed E-state index contributed by atoms with van der Waals surface area (Å²) in [5, 5.41) is 23.3. The molecule has 11 nitrogen and oxygen atoms in total. The molecule has 0 bridgehead atoms. The number of rotatable bonds is 10. The van der Waals surface area contributed by atoms with Gasteiger partial charge in [-0.2, -0.15) is 4.98 Å².